The second kappa shape index (κ2) is 7.79. The summed E-state index contributed by atoms with van der Waals surface area (Å²) in [6.45, 7) is -0.256. The summed E-state index contributed by atoms with van der Waals surface area (Å²) in [5, 5.41) is 0. The van der Waals surface area contributed by atoms with Crippen molar-refractivity contribution in [2.75, 3.05) is 13.7 Å². The van der Waals surface area contributed by atoms with Crippen molar-refractivity contribution in [3.63, 3.8) is 0 Å². The number of benzene rings is 2. The van der Waals surface area contributed by atoms with Gasteiger partial charge < -0.3 is 9.47 Å². The van der Waals surface area contributed by atoms with E-state index in [4.69, 9.17) is 9.47 Å². The van der Waals surface area contributed by atoms with Crippen molar-refractivity contribution in [2.45, 2.75) is 19.3 Å². The first-order chi connectivity index (χ1) is 12.2. The van der Waals surface area contributed by atoms with E-state index in [1.165, 1.54) is 17.2 Å². The van der Waals surface area contributed by atoms with Crippen LogP contribution in [-0.2, 0) is 22.4 Å². The van der Waals surface area contributed by atoms with Gasteiger partial charge in [-0.15, -0.1) is 0 Å². The molecule has 1 aliphatic rings. The van der Waals surface area contributed by atoms with Crippen LogP contribution in [0.5, 0.6) is 5.75 Å². The van der Waals surface area contributed by atoms with E-state index in [-0.39, 0.29) is 12.4 Å². The summed E-state index contributed by atoms with van der Waals surface area (Å²) in [7, 11) is 1.57. The molecule has 0 amide bonds. The molecule has 2 aromatic carbocycles. The van der Waals surface area contributed by atoms with Gasteiger partial charge in [0.2, 0.25) is 0 Å². The van der Waals surface area contributed by atoms with Gasteiger partial charge in [-0.3, -0.25) is 4.79 Å². The highest BCUT2D eigenvalue weighted by atomic mass is 16.5. The van der Waals surface area contributed by atoms with Gasteiger partial charge in [0.15, 0.2) is 12.4 Å². The first-order valence-electron chi connectivity index (χ1n) is 8.30. The first kappa shape index (κ1) is 17.0. The van der Waals surface area contributed by atoms with Gasteiger partial charge in [-0.05, 0) is 48.6 Å². The van der Waals surface area contributed by atoms with Crippen molar-refractivity contribution < 1.29 is 19.1 Å². The molecule has 0 aromatic heterocycles. The molecule has 2 aromatic rings. The fourth-order valence-corrected chi connectivity index (χ4v) is 2.98. The number of hydrogen-bond acceptors (Lipinski definition) is 4. The van der Waals surface area contributed by atoms with Crippen molar-refractivity contribution in [1.29, 1.82) is 0 Å². The van der Waals surface area contributed by atoms with Gasteiger partial charge in [0.25, 0.3) is 0 Å². The Balaban J connectivity index is 1.57. The van der Waals surface area contributed by atoms with Gasteiger partial charge in [-0.25, -0.2) is 4.79 Å². The number of carbonyl (C=O) groups is 2. The Hall–Kier alpha value is -2.88. The van der Waals surface area contributed by atoms with E-state index in [9.17, 15) is 9.59 Å². The summed E-state index contributed by atoms with van der Waals surface area (Å²) in [6.07, 6.45) is 6.13. The van der Waals surface area contributed by atoms with Crippen molar-refractivity contribution >= 4 is 17.8 Å². The van der Waals surface area contributed by atoms with Crippen molar-refractivity contribution in [2.24, 2.45) is 0 Å². The molecule has 0 bridgehead atoms. The Morgan fingerprint density at radius 2 is 1.88 bits per heavy atom. The minimum absolute atomic E-state index is 0.186. The molecule has 0 radical (unpaired) electrons. The number of esters is 1. The number of ketones is 1. The SMILES string of the molecule is COc1ccccc1/C=C/C(=O)OCC(=O)c1ccc2c(c1)CCC2. The van der Waals surface area contributed by atoms with E-state index in [0.717, 1.165) is 24.8 Å². The summed E-state index contributed by atoms with van der Waals surface area (Å²) in [6, 6.07) is 13.1. The quantitative estimate of drug-likeness (QED) is 0.459. The summed E-state index contributed by atoms with van der Waals surface area (Å²) in [5.41, 5.74) is 3.91. The van der Waals surface area contributed by atoms with Crippen LogP contribution >= 0.6 is 0 Å². The molecule has 0 saturated heterocycles. The lowest BCUT2D eigenvalue weighted by atomic mass is 10.0. The van der Waals surface area contributed by atoms with Gasteiger partial charge >= 0.3 is 5.97 Å². The second-order valence-corrected chi connectivity index (χ2v) is 5.94. The highest BCUT2D eigenvalue weighted by Gasteiger charge is 2.14. The Morgan fingerprint density at radius 1 is 1.08 bits per heavy atom. The van der Waals surface area contributed by atoms with Gasteiger partial charge in [0, 0.05) is 17.2 Å². The number of fused-ring (bicyclic) bond motifs is 1. The fourth-order valence-electron chi connectivity index (χ4n) is 2.98. The summed E-state index contributed by atoms with van der Waals surface area (Å²) >= 11 is 0. The van der Waals surface area contributed by atoms with Gasteiger partial charge in [0.05, 0.1) is 7.11 Å². The molecule has 0 saturated carbocycles. The second-order valence-electron chi connectivity index (χ2n) is 5.94. The normalized spacial score (nSPS) is 12.8. The molecular formula is C21H20O4. The van der Waals surface area contributed by atoms with Crippen LogP contribution in [0.2, 0.25) is 0 Å². The van der Waals surface area contributed by atoms with Crippen LogP contribution in [-0.4, -0.2) is 25.5 Å². The number of carbonyl (C=O) groups excluding carboxylic acids is 2. The molecule has 0 atom stereocenters. The van der Waals surface area contributed by atoms with Crippen LogP contribution in [0.3, 0.4) is 0 Å². The van der Waals surface area contributed by atoms with E-state index in [1.807, 2.05) is 42.5 Å². The monoisotopic (exact) mass is 336 g/mol. The standard InChI is InChI=1S/C21H20O4/c1-24-20-8-3-2-5-16(20)11-12-21(23)25-14-19(22)18-10-9-15-6-4-7-17(15)13-18/h2-3,5,8-13H,4,6-7,14H2,1H3/b12-11+. The predicted molar refractivity (Wildman–Crippen MR) is 95.8 cm³/mol. The molecule has 25 heavy (non-hydrogen) atoms. The van der Waals surface area contributed by atoms with Crippen LogP contribution in [0.25, 0.3) is 6.08 Å². The van der Waals surface area contributed by atoms with Gasteiger partial charge in [0.1, 0.15) is 5.75 Å². The lowest BCUT2D eigenvalue weighted by Crippen LogP contribution is -2.12. The number of hydrogen-bond donors (Lipinski definition) is 0. The smallest absolute Gasteiger partial charge is 0.331 e. The van der Waals surface area contributed by atoms with E-state index in [1.54, 1.807) is 13.2 Å². The minimum atomic E-state index is -0.555. The number of ether oxygens (including phenoxy) is 2. The number of para-hydroxylation sites is 1. The summed E-state index contributed by atoms with van der Waals surface area (Å²) in [4.78, 5) is 24.0. The van der Waals surface area contributed by atoms with Crippen molar-refractivity contribution in [3.8, 4) is 5.75 Å². The molecule has 4 nitrogen and oxygen atoms in total. The molecule has 128 valence electrons. The molecule has 0 fully saturated rings. The molecule has 1 aliphatic carbocycles. The molecule has 0 N–H and O–H groups in total. The topological polar surface area (TPSA) is 52.6 Å². The summed E-state index contributed by atoms with van der Waals surface area (Å²) < 4.78 is 10.3. The number of Topliss-reactive ketones (excluding diaryl/α,β-unsaturated/α-hetero) is 1. The Labute approximate surface area is 147 Å². The molecular weight excluding hydrogens is 316 g/mol. The molecule has 3 rings (SSSR count). The zero-order chi connectivity index (χ0) is 17.6. The molecule has 4 heteroatoms. The zero-order valence-corrected chi connectivity index (χ0v) is 14.2. The predicted octanol–water partition coefficient (Wildman–Crippen LogP) is 3.62. The van der Waals surface area contributed by atoms with Crippen molar-refractivity contribution in [3.05, 3.63) is 70.8 Å². The van der Waals surface area contributed by atoms with Crippen LogP contribution in [0, 0.1) is 0 Å². The maximum absolute atomic E-state index is 12.2. The van der Waals surface area contributed by atoms with Gasteiger partial charge in [-0.1, -0.05) is 30.3 Å². The first-order valence-corrected chi connectivity index (χ1v) is 8.30. The summed E-state index contributed by atoms with van der Waals surface area (Å²) in [5.74, 6) is -0.0741. The lowest BCUT2D eigenvalue weighted by molar-refractivity contribution is -0.136. The highest BCUT2D eigenvalue weighted by molar-refractivity contribution is 5.99. The number of aryl methyl sites for hydroxylation is 2. The maximum Gasteiger partial charge on any atom is 0.331 e. The van der Waals surface area contributed by atoms with E-state index >= 15 is 0 Å². The Kier molecular flexibility index (Phi) is 5.29. The van der Waals surface area contributed by atoms with Crippen LogP contribution in [0.1, 0.15) is 33.5 Å². The van der Waals surface area contributed by atoms with Crippen LogP contribution < -0.4 is 4.74 Å². The maximum atomic E-state index is 12.2. The van der Waals surface area contributed by atoms with E-state index in [2.05, 4.69) is 0 Å². The van der Waals surface area contributed by atoms with Crippen LogP contribution in [0.15, 0.2) is 48.5 Å². The Bertz CT molecular complexity index is 820. The third-order valence-corrected chi connectivity index (χ3v) is 4.30. The zero-order valence-electron chi connectivity index (χ0n) is 14.2. The fraction of sp³-hybridized carbons (Fsp3) is 0.238. The van der Waals surface area contributed by atoms with E-state index in [0.29, 0.717) is 11.3 Å². The van der Waals surface area contributed by atoms with E-state index < -0.39 is 5.97 Å². The van der Waals surface area contributed by atoms with Crippen LogP contribution in [0.4, 0.5) is 0 Å². The number of rotatable bonds is 6. The molecule has 0 unspecified atom stereocenters. The number of methoxy groups -OCH3 is 1. The Morgan fingerprint density at radius 3 is 2.72 bits per heavy atom. The van der Waals surface area contributed by atoms with Crippen molar-refractivity contribution in [1.82, 2.24) is 0 Å². The minimum Gasteiger partial charge on any atom is -0.496 e. The molecule has 0 aliphatic heterocycles. The average molecular weight is 336 g/mol. The third-order valence-electron chi connectivity index (χ3n) is 4.30. The lowest BCUT2D eigenvalue weighted by Gasteiger charge is -2.05. The molecule has 0 spiro atoms. The third kappa shape index (κ3) is 4.15. The average Bonchev–Trinajstić information content (AvgIpc) is 3.12. The molecule has 0 heterocycles. The highest BCUT2D eigenvalue weighted by Crippen LogP contribution is 2.23. The largest absolute Gasteiger partial charge is 0.496 e. The van der Waals surface area contributed by atoms with Gasteiger partial charge in [-0.2, -0.15) is 0 Å².